The number of amides is 1. The van der Waals surface area contributed by atoms with Gasteiger partial charge in [-0.2, -0.15) is 0 Å². The molecular formula is C16H22N2O3. The SMILES string of the molecule is NCC1CN(CCCc2ccccc2)C(=O)C1CC(=O)O. The second-order valence-electron chi connectivity index (χ2n) is 5.57. The van der Waals surface area contributed by atoms with Crippen LogP contribution in [0.25, 0.3) is 0 Å². The van der Waals surface area contributed by atoms with Crippen molar-refractivity contribution in [3.63, 3.8) is 0 Å². The molecule has 0 bridgehead atoms. The van der Waals surface area contributed by atoms with E-state index in [4.69, 9.17) is 10.8 Å². The van der Waals surface area contributed by atoms with Crippen molar-refractivity contribution < 1.29 is 14.7 Å². The summed E-state index contributed by atoms with van der Waals surface area (Å²) >= 11 is 0. The Bertz CT molecular complexity index is 490. The average molecular weight is 290 g/mol. The van der Waals surface area contributed by atoms with Gasteiger partial charge < -0.3 is 15.7 Å². The third-order valence-corrected chi connectivity index (χ3v) is 4.09. The summed E-state index contributed by atoms with van der Waals surface area (Å²) in [6, 6.07) is 10.1. The van der Waals surface area contributed by atoms with Gasteiger partial charge in [-0.15, -0.1) is 0 Å². The second kappa shape index (κ2) is 7.22. The molecule has 1 aliphatic rings. The first-order chi connectivity index (χ1) is 10.1. The van der Waals surface area contributed by atoms with E-state index in [1.807, 2.05) is 18.2 Å². The Hall–Kier alpha value is -1.88. The van der Waals surface area contributed by atoms with E-state index in [-0.39, 0.29) is 18.2 Å². The van der Waals surface area contributed by atoms with Gasteiger partial charge in [0.25, 0.3) is 0 Å². The molecule has 1 amide bonds. The molecule has 2 unspecified atom stereocenters. The Morgan fingerprint density at radius 3 is 2.67 bits per heavy atom. The molecular weight excluding hydrogens is 268 g/mol. The molecule has 0 saturated carbocycles. The van der Waals surface area contributed by atoms with Gasteiger partial charge in [0.1, 0.15) is 0 Å². The van der Waals surface area contributed by atoms with Crippen molar-refractivity contribution in [3.05, 3.63) is 35.9 Å². The smallest absolute Gasteiger partial charge is 0.304 e. The number of nitrogens with two attached hydrogens (primary N) is 1. The van der Waals surface area contributed by atoms with Crippen LogP contribution in [-0.2, 0) is 16.0 Å². The molecule has 0 spiro atoms. The molecule has 1 aromatic rings. The highest BCUT2D eigenvalue weighted by Crippen LogP contribution is 2.27. The molecule has 2 atom stereocenters. The monoisotopic (exact) mass is 290 g/mol. The number of carboxylic acids is 1. The quantitative estimate of drug-likeness (QED) is 0.788. The van der Waals surface area contributed by atoms with Gasteiger partial charge >= 0.3 is 5.97 Å². The lowest BCUT2D eigenvalue weighted by Gasteiger charge is -2.16. The zero-order valence-corrected chi connectivity index (χ0v) is 12.1. The Morgan fingerprint density at radius 1 is 1.33 bits per heavy atom. The van der Waals surface area contributed by atoms with E-state index in [2.05, 4.69) is 12.1 Å². The molecule has 2 rings (SSSR count). The highest BCUT2D eigenvalue weighted by molar-refractivity contribution is 5.85. The predicted molar refractivity (Wildman–Crippen MR) is 79.6 cm³/mol. The van der Waals surface area contributed by atoms with E-state index in [1.54, 1.807) is 4.90 Å². The van der Waals surface area contributed by atoms with Crippen LogP contribution in [0, 0.1) is 11.8 Å². The van der Waals surface area contributed by atoms with Gasteiger partial charge in [-0.3, -0.25) is 9.59 Å². The maximum atomic E-state index is 12.3. The second-order valence-corrected chi connectivity index (χ2v) is 5.57. The van der Waals surface area contributed by atoms with Crippen molar-refractivity contribution in [1.29, 1.82) is 0 Å². The average Bonchev–Trinajstić information content (AvgIpc) is 2.76. The first-order valence-electron chi connectivity index (χ1n) is 7.36. The van der Waals surface area contributed by atoms with Crippen LogP contribution < -0.4 is 5.73 Å². The first-order valence-corrected chi connectivity index (χ1v) is 7.36. The topological polar surface area (TPSA) is 83.6 Å². The summed E-state index contributed by atoms with van der Waals surface area (Å²) in [5.74, 6) is -1.48. The summed E-state index contributed by atoms with van der Waals surface area (Å²) in [6.45, 7) is 1.61. The fourth-order valence-corrected chi connectivity index (χ4v) is 2.94. The minimum Gasteiger partial charge on any atom is -0.481 e. The number of aryl methyl sites for hydroxylation is 1. The molecule has 21 heavy (non-hydrogen) atoms. The number of benzene rings is 1. The molecule has 1 aliphatic heterocycles. The molecule has 5 heteroatoms. The summed E-state index contributed by atoms with van der Waals surface area (Å²) in [7, 11) is 0. The van der Waals surface area contributed by atoms with Crippen molar-refractivity contribution in [2.45, 2.75) is 19.3 Å². The minimum atomic E-state index is -0.932. The van der Waals surface area contributed by atoms with Gasteiger partial charge in [-0.05, 0) is 24.9 Å². The van der Waals surface area contributed by atoms with E-state index in [9.17, 15) is 9.59 Å². The highest BCUT2D eigenvalue weighted by atomic mass is 16.4. The highest BCUT2D eigenvalue weighted by Gasteiger charge is 2.40. The summed E-state index contributed by atoms with van der Waals surface area (Å²) in [5.41, 5.74) is 6.92. The number of aliphatic carboxylic acids is 1. The van der Waals surface area contributed by atoms with Crippen LogP contribution in [-0.4, -0.2) is 41.5 Å². The van der Waals surface area contributed by atoms with E-state index < -0.39 is 11.9 Å². The van der Waals surface area contributed by atoms with Crippen molar-refractivity contribution in [2.75, 3.05) is 19.6 Å². The van der Waals surface area contributed by atoms with Crippen LogP contribution in [0.5, 0.6) is 0 Å². The van der Waals surface area contributed by atoms with Crippen LogP contribution in [0.2, 0.25) is 0 Å². The summed E-state index contributed by atoms with van der Waals surface area (Å²) in [5, 5.41) is 8.90. The Balaban J connectivity index is 1.86. The fraction of sp³-hybridized carbons (Fsp3) is 0.500. The third kappa shape index (κ3) is 4.04. The molecule has 114 valence electrons. The van der Waals surface area contributed by atoms with Crippen molar-refractivity contribution in [1.82, 2.24) is 4.90 Å². The molecule has 0 radical (unpaired) electrons. The number of rotatable bonds is 7. The van der Waals surface area contributed by atoms with Gasteiger partial charge in [-0.25, -0.2) is 0 Å². The molecule has 3 N–H and O–H groups in total. The molecule has 1 aromatic carbocycles. The van der Waals surface area contributed by atoms with Crippen LogP contribution >= 0.6 is 0 Å². The van der Waals surface area contributed by atoms with E-state index in [0.29, 0.717) is 19.6 Å². The number of carbonyl (C=O) groups excluding carboxylic acids is 1. The van der Waals surface area contributed by atoms with Crippen molar-refractivity contribution >= 4 is 11.9 Å². The number of carbonyl (C=O) groups is 2. The molecule has 1 fully saturated rings. The fourth-order valence-electron chi connectivity index (χ4n) is 2.94. The zero-order valence-electron chi connectivity index (χ0n) is 12.1. The maximum Gasteiger partial charge on any atom is 0.304 e. The van der Waals surface area contributed by atoms with Gasteiger partial charge in [0.15, 0.2) is 0 Å². The molecule has 1 heterocycles. The van der Waals surface area contributed by atoms with Gasteiger partial charge in [-0.1, -0.05) is 30.3 Å². The van der Waals surface area contributed by atoms with E-state index in [0.717, 1.165) is 12.8 Å². The largest absolute Gasteiger partial charge is 0.481 e. The van der Waals surface area contributed by atoms with Crippen molar-refractivity contribution in [2.24, 2.45) is 17.6 Å². The lowest BCUT2D eigenvalue weighted by molar-refractivity contribution is -0.142. The lowest BCUT2D eigenvalue weighted by Crippen LogP contribution is -2.29. The summed E-state index contributed by atoms with van der Waals surface area (Å²) in [6.07, 6.45) is 1.68. The Kier molecular flexibility index (Phi) is 5.33. The van der Waals surface area contributed by atoms with Crippen LogP contribution in [0.1, 0.15) is 18.4 Å². The van der Waals surface area contributed by atoms with Gasteiger partial charge in [0, 0.05) is 19.0 Å². The third-order valence-electron chi connectivity index (χ3n) is 4.09. The number of likely N-dealkylation sites (tertiary alicyclic amines) is 1. The normalized spacial score (nSPS) is 21.8. The zero-order chi connectivity index (χ0) is 15.2. The van der Waals surface area contributed by atoms with Gasteiger partial charge in [0.2, 0.25) is 5.91 Å². The molecule has 0 aromatic heterocycles. The summed E-state index contributed by atoms with van der Waals surface area (Å²) < 4.78 is 0. The van der Waals surface area contributed by atoms with E-state index >= 15 is 0 Å². The van der Waals surface area contributed by atoms with Gasteiger partial charge in [0.05, 0.1) is 12.3 Å². The molecule has 1 saturated heterocycles. The standard InChI is InChI=1S/C16H22N2O3/c17-10-13-11-18(16(21)14(13)9-15(19)20)8-4-7-12-5-2-1-3-6-12/h1-3,5-6,13-14H,4,7-11,17H2,(H,19,20). The Morgan fingerprint density at radius 2 is 2.05 bits per heavy atom. The summed E-state index contributed by atoms with van der Waals surface area (Å²) in [4.78, 5) is 24.9. The van der Waals surface area contributed by atoms with Crippen LogP contribution in [0.4, 0.5) is 0 Å². The van der Waals surface area contributed by atoms with Crippen LogP contribution in [0.3, 0.4) is 0 Å². The van der Waals surface area contributed by atoms with Crippen molar-refractivity contribution in [3.8, 4) is 0 Å². The molecule has 5 nitrogen and oxygen atoms in total. The first kappa shape index (κ1) is 15.5. The Labute approximate surface area is 124 Å². The number of nitrogens with zero attached hydrogens (tertiary/aromatic N) is 1. The number of hydrogen-bond donors (Lipinski definition) is 2. The predicted octanol–water partition coefficient (Wildman–Crippen LogP) is 1.13. The lowest BCUT2D eigenvalue weighted by atomic mass is 9.93. The minimum absolute atomic E-state index is 0.0367. The maximum absolute atomic E-state index is 12.3. The van der Waals surface area contributed by atoms with E-state index in [1.165, 1.54) is 5.56 Å². The number of hydrogen-bond acceptors (Lipinski definition) is 3. The molecule has 0 aliphatic carbocycles. The van der Waals surface area contributed by atoms with Crippen LogP contribution in [0.15, 0.2) is 30.3 Å². The number of carboxylic acid groups (broad SMARTS) is 1.